The topological polar surface area (TPSA) is 278 Å². The molecule has 0 aromatic heterocycles. The van der Waals surface area contributed by atoms with Crippen LogP contribution in [0.25, 0.3) is 0 Å². The molecule has 0 aliphatic heterocycles. The summed E-state index contributed by atoms with van der Waals surface area (Å²) in [5.74, 6) is -4.65. The molecule has 0 aromatic rings. The average Bonchev–Trinajstić information content (AvgIpc) is 2.77. The van der Waals surface area contributed by atoms with Crippen LogP contribution < -0.4 is 38.9 Å². The first kappa shape index (κ1) is 31.5. The van der Waals surface area contributed by atoms with E-state index in [-0.39, 0.29) is 38.2 Å². The smallest absolute Gasteiger partial charge is 0.326 e. The van der Waals surface area contributed by atoms with Crippen LogP contribution in [-0.4, -0.2) is 83.1 Å². The summed E-state index contributed by atoms with van der Waals surface area (Å²) in [5, 5.41) is 25.4. The number of aliphatic imine (C=N–C) groups is 1. The number of nitrogens with two attached hydrogens (primary N) is 4. The first-order valence-electron chi connectivity index (χ1n) is 11.3. The fourth-order valence-corrected chi connectivity index (χ4v) is 2.89. The van der Waals surface area contributed by atoms with Crippen LogP contribution >= 0.6 is 0 Å². The number of unbranched alkanes of at least 4 members (excludes halogenated alkanes) is 1. The number of rotatable bonds is 18. The Morgan fingerprint density at radius 3 is 1.97 bits per heavy atom. The third-order valence-corrected chi connectivity index (χ3v) is 4.90. The van der Waals surface area contributed by atoms with Crippen molar-refractivity contribution in [2.24, 2.45) is 27.9 Å². The van der Waals surface area contributed by atoms with Crippen LogP contribution in [0.3, 0.4) is 0 Å². The highest BCUT2D eigenvalue weighted by atomic mass is 16.4. The van der Waals surface area contributed by atoms with Gasteiger partial charge in [0, 0.05) is 13.0 Å². The molecule has 15 heteroatoms. The van der Waals surface area contributed by atoms with Gasteiger partial charge in [0.25, 0.3) is 0 Å². The summed E-state index contributed by atoms with van der Waals surface area (Å²) in [6.45, 7) is 1.91. The first-order valence-corrected chi connectivity index (χ1v) is 11.3. The van der Waals surface area contributed by atoms with Gasteiger partial charge in [0.15, 0.2) is 5.96 Å². The Balaban J connectivity index is 5.20. The number of nitrogens with one attached hydrogen (secondary N) is 3. The SMILES string of the molecule is CC(NC(=O)C(N)CCC(=O)O)C(=O)NC(CCCN=C(N)N)C(=O)NC(CCCCN)C(=O)O. The summed E-state index contributed by atoms with van der Waals surface area (Å²) in [7, 11) is 0. The molecule has 0 heterocycles. The van der Waals surface area contributed by atoms with E-state index < -0.39 is 53.8 Å². The largest absolute Gasteiger partial charge is 0.481 e. The minimum atomic E-state index is -1.23. The molecule has 13 N–H and O–H groups in total. The number of guanidine groups is 1. The highest BCUT2D eigenvalue weighted by molar-refractivity contribution is 5.94. The molecule has 0 radical (unpaired) electrons. The van der Waals surface area contributed by atoms with Crippen LogP contribution in [-0.2, 0) is 24.0 Å². The van der Waals surface area contributed by atoms with Gasteiger partial charge in [-0.15, -0.1) is 0 Å². The van der Waals surface area contributed by atoms with Gasteiger partial charge in [-0.2, -0.15) is 0 Å². The molecule has 35 heavy (non-hydrogen) atoms. The summed E-state index contributed by atoms with van der Waals surface area (Å²) in [5.41, 5.74) is 21.6. The Kier molecular flexibility index (Phi) is 15.4. The van der Waals surface area contributed by atoms with Crippen LogP contribution in [0, 0.1) is 0 Å². The zero-order valence-corrected chi connectivity index (χ0v) is 19.9. The molecule has 0 aliphatic carbocycles. The molecule has 4 unspecified atom stereocenters. The van der Waals surface area contributed by atoms with Crippen molar-refractivity contribution in [3.63, 3.8) is 0 Å². The lowest BCUT2D eigenvalue weighted by Crippen LogP contribution is -2.56. The maximum atomic E-state index is 12.8. The highest BCUT2D eigenvalue weighted by Gasteiger charge is 2.28. The van der Waals surface area contributed by atoms with Crippen LogP contribution in [0.4, 0.5) is 0 Å². The molecule has 4 atom stereocenters. The highest BCUT2D eigenvalue weighted by Crippen LogP contribution is 2.05. The maximum Gasteiger partial charge on any atom is 0.326 e. The van der Waals surface area contributed by atoms with E-state index in [0.717, 1.165) is 0 Å². The predicted octanol–water partition coefficient (Wildman–Crippen LogP) is -3.08. The fraction of sp³-hybridized carbons (Fsp3) is 0.700. The summed E-state index contributed by atoms with van der Waals surface area (Å²) < 4.78 is 0. The third kappa shape index (κ3) is 14.4. The number of aliphatic carboxylic acids is 2. The van der Waals surface area contributed by atoms with E-state index in [1.165, 1.54) is 6.92 Å². The van der Waals surface area contributed by atoms with Gasteiger partial charge in [-0.25, -0.2) is 4.79 Å². The van der Waals surface area contributed by atoms with Gasteiger partial charge >= 0.3 is 11.9 Å². The molecule has 0 aliphatic rings. The van der Waals surface area contributed by atoms with Crippen LogP contribution in [0.2, 0.25) is 0 Å². The predicted molar refractivity (Wildman–Crippen MR) is 127 cm³/mol. The van der Waals surface area contributed by atoms with E-state index in [4.69, 9.17) is 28.0 Å². The number of amides is 3. The monoisotopic (exact) mass is 502 g/mol. The van der Waals surface area contributed by atoms with Crippen molar-refractivity contribution in [3.8, 4) is 0 Å². The maximum absolute atomic E-state index is 12.8. The molecule has 200 valence electrons. The molecule has 0 saturated carbocycles. The second-order valence-electron chi connectivity index (χ2n) is 7.96. The van der Waals surface area contributed by atoms with E-state index in [9.17, 15) is 29.1 Å². The van der Waals surface area contributed by atoms with Gasteiger partial charge in [0.2, 0.25) is 17.7 Å². The summed E-state index contributed by atoms with van der Waals surface area (Å²) in [6, 6.07) is -4.54. The zero-order chi connectivity index (χ0) is 27.0. The Labute approximate surface area is 203 Å². The number of hydrogen-bond donors (Lipinski definition) is 9. The average molecular weight is 503 g/mol. The Hall–Kier alpha value is -3.46. The molecule has 0 fully saturated rings. The molecule has 15 nitrogen and oxygen atoms in total. The Morgan fingerprint density at radius 1 is 0.829 bits per heavy atom. The normalized spacial score (nSPS) is 14.0. The minimum Gasteiger partial charge on any atom is -0.481 e. The van der Waals surface area contributed by atoms with Crippen molar-refractivity contribution in [3.05, 3.63) is 0 Å². The lowest BCUT2D eigenvalue weighted by atomic mass is 10.1. The lowest BCUT2D eigenvalue weighted by Gasteiger charge is -2.23. The second kappa shape index (κ2) is 17.0. The third-order valence-electron chi connectivity index (χ3n) is 4.90. The van der Waals surface area contributed by atoms with Gasteiger partial charge < -0.3 is 49.1 Å². The number of carbonyl (C=O) groups excluding carboxylic acids is 3. The molecule has 0 saturated heterocycles. The minimum absolute atomic E-state index is 0.0856. The number of carboxylic acids is 2. The summed E-state index contributed by atoms with van der Waals surface area (Å²) in [6.07, 6.45) is 1.18. The molecule has 0 rings (SSSR count). The van der Waals surface area contributed by atoms with Crippen molar-refractivity contribution < 1.29 is 34.2 Å². The van der Waals surface area contributed by atoms with Crippen LogP contribution in [0.5, 0.6) is 0 Å². The number of carboxylic acid groups (broad SMARTS) is 2. The van der Waals surface area contributed by atoms with Gasteiger partial charge in [-0.1, -0.05) is 0 Å². The number of carbonyl (C=O) groups is 5. The van der Waals surface area contributed by atoms with Gasteiger partial charge in [0.1, 0.15) is 18.1 Å². The number of hydrogen-bond acceptors (Lipinski definition) is 8. The van der Waals surface area contributed by atoms with Crippen molar-refractivity contribution in [1.82, 2.24) is 16.0 Å². The van der Waals surface area contributed by atoms with E-state index in [1.807, 2.05) is 0 Å². The Bertz CT molecular complexity index is 758. The van der Waals surface area contributed by atoms with E-state index in [1.54, 1.807) is 0 Å². The van der Waals surface area contributed by atoms with Gasteiger partial charge in [0.05, 0.1) is 6.04 Å². The van der Waals surface area contributed by atoms with Crippen molar-refractivity contribution >= 4 is 35.6 Å². The van der Waals surface area contributed by atoms with Gasteiger partial charge in [-0.3, -0.25) is 24.2 Å². The molecular formula is C20H38N8O7. The standard InChI is InChI=1S/C20H38N8O7/c1-11(26-17(32)12(22)7-8-15(29)30)16(31)27-13(6-4-10-25-20(23)24)18(33)28-14(19(34)35)5-2-3-9-21/h11-14H,2-10,21-22H2,1H3,(H,26,32)(H,27,31)(H,28,33)(H,29,30)(H,34,35)(H4,23,24,25). The first-order chi connectivity index (χ1) is 16.4. The van der Waals surface area contributed by atoms with E-state index in [2.05, 4.69) is 20.9 Å². The Morgan fingerprint density at radius 2 is 1.43 bits per heavy atom. The molecule has 0 bridgehead atoms. The van der Waals surface area contributed by atoms with Crippen LogP contribution in [0.15, 0.2) is 4.99 Å². The van der Waals surface area contributed by atoms with Gasteiger partial charge in [-0.05, 0) is 52.0 Å². The molecule has 0 spiro atoms. The zero-order valence-electron chi connectivity index (χ0n) is 19.9. The van der Waals surface area contributed by atoms with E-state index in [0.29, 0.717) is 25.8 Å². The van der Waals surface area contributed by atoms with Crippen molar-refractivity contribution in [2.45, 2.75) is 76.0 Å². The number of nitrogens with zero attached hydrogens (tertiary/aromatic N) is 1. The summed E-state index contributed by atoms with van der Waals surface area (Å²) in [4.78, 5) is 63.5. The molecule has 3 amide bonds. The molecule has 0 aromatic carbocycles. The quantitative estimate of drug-likeness (QED) is 0.0514. The van der Waals surface area contributed by atoms with Crippen LogP contribution in [0.1, 0.15) is 51.9 Å². The van der Waals surface area contributed by atoms with Crippen molar-refractivity contribution in [2.75, 3.05) is 13.1 Å². The second-order valence-corrected chi connectivity index (χ2v) is 7.96. The lowest BCUT2D eigenvalue weighted by molar-refractivity contribution is -0.142. The van der Waals surface area contributed by atoms with Crippen molar-refractivity contribution in [1.29, 1.82) is 0 Å². The summed E-state index contributed by atoms with van der Waals surface area (Å²) >= 11 is 0. The van der Waals surface area contributed by atoms with E-state index >= 15 is 0 Å². The molecular weight excluding hydrogens is 464 g/mol. The fourth-order valence-electron chi connectivity index (χ4n) is 2.89.